The molecule has 0 aliphatic carbocycles. The van der Waals surface area contributed by atoms with Crippen LogP contribution in [0.4, 0.5) is 0 Å². The number of carbonyl (C=O) groups is 1. The number of hydrogen-bond donors (Lipinski definition) is 0. The summed E-state index contributed by atoms with van der Waals surface area (Å²) in [7, 11) is 0. The number of rotatable bonds is 1. The molecule has 1 aliphatic heterocycles. The molecule has 0 spiro atoms. The summed E-state index contributed by atoms with van der Waals surface area (Å²) in [6, 6.07) is 21.8. The van der Waals surface area contributed by atoms with E-state index in [0.717, 1.165) is 21.9 Å². The summed E-state index contributed by atoms with van der Waals surface area (Å²) in [4.78, 5) is 12.6. The molecule has 21 heavy (non-hydrogen) atoms. The molecule has 2 heteroatoms. The Morgan fingerprint density at radius 2 is 1.62 bits per heavy atom. The Hall–Kier alpha value is -2.61. The van der Waals surface area contributed by atoms with Crippen molar-refractivity contribution in [2.75, 3.05) is 0 Å². The van der Waals surface area contributed by atoms with Gasteiger partial charge in [-0.2, -0.15) is 0 Å². The van der Waals surface area contributed by atoms with E-state index in [-0.39, 0.29) is 11.9 Å². The van der Waals surface area contributed by atoms with Crippen molar-refractivity contribution >= 4 is 16.6 Å². The Morgan fingerprint density at radius 3 is 2.48 bits per heavy atom. The maximum atomic E-state index is 12.6. The van der Waals surface area contributed by atoms with Gasteiger partial charge in [0.05, 0.1) is 12.0 Å². The molecule has 3 aromatic rings. The first-order chi connectivity index (χ1) is 10.3. The van der Waals surface area contributed by atoms with Crippen LogP contribution in [0.5, 0.6) is 5.75 Å². The number of fused-ring (bicyclic) bond motifs is 3. The molecule has 1 atom stereocenters. The summed E-state index contributed by atoms with van der Waals surface area (Å²) in [6.45, 7) is 0. The largest absolute Gasteiger partial charge is 0.484 e. The van der Waals surface area contributed by atoms with Crippen molar-refractivity contribution < 1.29 is 9.53 Å². The van der Waals surface area contributed by atoms with Gasteiger partial charge in [0, 0.05) is 0 Å². The monoisotopic (exact) mass is 274 g/mol. The van der Waals surface area contributed by atoms with E-state index in [2.05, 4.69) is 0 Å². The van der Waals surface area contributed by atoms with Crippen LogP contribution in [0.1, 0.15) is 28.4 Å². The minimum atomic E-state index is -0.188. The van der Waals surface area contributed by atoms with Crippen molar-refractivity contribution in [1.29, 1.82) is 0 Å². The van der Waals surface area contributed by atoms with Gasteiger partial charge in [-0.15, -0.1) is 0 Å². The standard InChI is InChI=1S/C19H14O2/c20-16-12-18(14-7-2-1-3-8-14)21-17-11-10-13-6-4-5-9-15(13)19(16)17/h1-11,18H,12H2/t18-/m0/s1. The SMILES string of the molecule is O=C1C[C@@H](c2ccccc2)Oc2ccc3ccccc3c21. The summed E-state index contributed by atoms with van der Waals surface area (Å²) in [5.74, 6) is 0.848. The third kappa shape index (κ3) is 2.00. The molecule has 0 saturated carbocycles. The summed E-state index contributed by atoms with van der Waals surface area (Å²) in [5, 5.41) is 2.05. The van der Waals surface area contributed by atoms with E-state index in [0.29, 0.717) is 12.2 Å². The Kier molecular flexibility index (Phi) is 2.74. The number of carbonyl (C=O) groups excluding carboxylic acids is 1. The van der Waals surface area contributed by atoms with Crippen molar-refractivity contribution in [2.24, 2.45) is 0 Å². The fraction of sp³-hybridized carbons (Fsp3) is 0.105. The lowest BCUT2D eigenvalue weighted by atomic mass is 9.92. The Balaban J connectivity index is 1.83. The Labute approximate surface area is 123 Å². The molecule has 0 N–H and O–H groups in total. The maximum absolute atomic E-state index is 12.6. The highest BCUT2D eigenvalue weighted by molar-refractivity contribution is 6.11. The quantitative estimate of drug-likeness (QED) is 0.651. The lowest BCUT2D eigenvalue weighted by Crippen LogP contribution is -2.20. The van der Waals surface area contributed by atoms with Crippen LogP contribution in [0.25, 0.3) is 10.8 Å². The predicted octanol–water partition coefficient (Wildman–Crippen LogP) is 4.55. The van der Waals surface area contributed by atoms with E-state index in [1.165, 1.54) is 0 Å². The first-order valence-corrected chi connectivity index (χ1v) is 7.09. The fourth-order valence-corrected chi connectivity index (χ4v) is 2.96. The summed E-state index contributed by atoms with van der Waals surface area (Å²) in [5.41, 5.74) is 1.77. The Bertz CT molecular complexity index is 821. The topological polar surface area (TPSA) is 26.3 Å². The number of ketones is 1. The summed E-state index contributed by atoms with van der Waals surface area (Å²) < 4.78 is 6.08. The molecule has 102 valence electrons. The molecule has 0 saturated heterocycles. The van der Waals surface area contributed by atoms with Gasteiger partial charge in [0.15, 0.2) is 5.78 Å². The van der Waals surface area contributed by atoms with Crippen LogP contribution in [-0.2, 0) is 0 Å². The van der Waals surface area contributed by atoms with Gasteiger partial charge in [-0.25, -0.2) is 0 Å². The van der Waals surface area contributed by atoms with Gasteiger partial charge in [0.25, 0.3) is 0 Å². The minimum absolute atomic E-state index is 0.155. The van der Waals surface area contributed by atoms with E-state index in [4.69, 9.17) is 4.74 Å². The van der Waals surface area contributed by atoms with E-state index in [9.17, 15) is 4.79 Å². The van der Waals surface area contributed by atoms with Crippen molar-refractivity contribution in [1.82, 2.24) is 0 Å². The normalized spacial score (nSPS) is 17.3. The summed E-state index contributed by atoms with van der Waals surface area (Å²) in [6.07, 6.45) is 0.206. The van der Waals surface area contributed by atoms with Crippen molar-refractivity contribution in [3.05, 3.63) is 77.9 Å². The van der Waals surface area contributed by atoms with Gasteiger partial charge in [0.1, 0.15) is 11.9 Å². The molecule has 0 unspecified atom stereocenters. The second-order valence-corrected chi connectivity index (χ2v) is 5.30. The van der Waals surface area contributed by atoms with Crippen LogP contribution in [-0.4, -0.2) is 5.78 Å². The van der Waals surface area contributed by atoms with Crippen LogP contribution in [0.3, 0.4) is 0 Å². The van der Waals surface area contributed by atoms with Gasteiger partial charge in [0.2, 0.25) is 0 Å². The van der Waals surface area contributed by atoms with Crippen LogP contribution >= 0.6 is 0 Å². The average molecular weight is 274 g/mol. The van der Waals surface area contributed by atoms with Gasteiger partial charge in [-0.3, -0.25) is 4.79 Å². The fourth-order valence-electron chi connectivity index (χ4n) is 2.96. The molecule has 0 bridgehead atoms. The highest BCUT2D eigenvalue weighted by Crippen LogP contribution is 2.38. The maximum Gasteiger partial charge on any atom is 0.171 e. The van der Waals surface area contributed by atoms with Crippen LogP contribution in [0.15, 0.2) is 66.7 Å². The van der Waals surface area contributed by atoms with Crippen LogP contribution < -0.4 is 4.74 Å². The number of Topliss-reactive ketones (excluding diaryl/α,β-unsaturated/α-hetero) is 1. The molecule has 2 nitrogen and oxygen atoms in total. The van der Waals surface area contributed by atoms with Gasteiger partial charge < -0.3 is 4.74 Å². The van der Waals surface area contributed by atoms with E-state index < -0.39 is 0 Å². The van der Waals surface area contributed by atoms with E-state index >= 15 is 0 Å². The first kappa shape index (κ1) is 12.2. The van der Waals surface area contributed by atoms with Crippen molar-refractivity contribution in [3.8, 4) is 5.75 Å². The second-order valence-electron chi connectivity index (χ2n) is 5.30. The summed E-state index contributed by atoms with van der Waals surface area (Å²) >= 11 is 0. The number of benzene rings is 3. The highest BCUT2D eigenvalue weighted by atomic mass is 16.5. The zero-order chi connectivity index (χ0) is 14.2. The van der Waals surface area contributed by atoms with Crippen LogP contribution in [0.2, 0.25) is 0 Å². The van der Waals surface area contributed by atoms with Crippen LogP contribution in [0, 0.1) is 0 Å². The molecule has 0 amide bonds. The molecule has 0 aromatic heterocycles. The second kappa shape index (κ2) is 4.74. The van der Waals surface area contributed by atoms with Crippen molar-refractivity contribution in [2.45, 2.75) is 12.5 Å². The molecule has 1 aliphatic rings. The molecule has 0 fully saturated rings. The van der Waals surface area contributed by atoms with Gasteiger partial charge in [-0.05, 0) is 22.4 Å². The minimum Gasteiger partial charge on any atom is -0.484 e. The smallest absolute Gasteiger partial charge is 0.171 e. The lowest BCUT2D eigenvalue weighted by molar-refractivity contribution is 0.0853. The third-order valence-electron chi connectivity index (χ3n) is 3.98. The third-order valence-corrected chi connectivity index (χ3v) is 3.98. The zero-order valence-corrected chi connectivity index (χ0v) is 11.5. The molecule has 3 aromatic carbocycles. The van der Waals surface area contributed by atoms with Crippen molar-refractivity contribution in [3.63, 3.8) is 0 Å². The first-order valence-electron chi connectivity index (χ1n) is 7.09. The average Bonchev–Trinajstić information content (AvgIpc) is 2.55. The van der Waals surface area contributed by atoms with E-state index in [1.54, 1.807) is 0 Å². The zero-order valence-electron chi connectivity index (χ0n) is 11.5. The molecule has 4 rings (SSSR count). The number of ether oxygens (including phenoxy) is 1. The number of hydrogen-bond acceptors (Lipinski definition) is 2. The van der Waals surface area contributed by atoms with Gasteiger partial charge >= 0.3 is 0 Å². The predicted molar refractivity (Wildman–Crippen MR) is 82.7 cm³/mol. The molecule has 1 heterocycles. The highest BCUT2D eigenvalue weighted by Gasteiger charge is 2.28. The molecular weight excluding hydrogens is 260 g/mol. The molecular formula is C19H14O2. The van der Waals surface area contributed by atoms with Gasteiger partial charge in [-0.1, -0.05) is 60.7 Å². The Morgan fingerprint density at radius 1 is 0.857 bits per heavy atom. The molecule has 0 radical (unpaired) electrons. The lowest BCUT2D eigenvalue weighted by Gasteiger charge is -2.26. The van der Waals surface area contributed by atoms with E-state index in [1.807, 2.05) is 66.7 Å².